The molecule has 0 saturated carbocycles. The zero-order valence-corrected chi connectivity index (χ0v) is 10.5. The summed E-state index contributed by atoms with van der Waals surface area (Å²) in [5, 5.41) is 9.85. The summed E-state index contributed by atoms with van der Waals surface area (Å²) in [5.41, 5.74) is 2.11. The highest BCUT2D eigenvalue weighted by Crippen LogP contribution is 2.37. The summed E-state index contributed by atoms with van der Waals surface area (Å²) >= 11 is 1.69. The lowest BCUT2D eigenvalue weighted by molar-refractivity contribution is 0.477. The number of phenols is 1. The zero-order chi connectivity index (χ0) is 12.4. The molecule has 0 saturated heterocycles. The fraction of sp³-hybridized carbons (Fsp3) is 0. The first-order chi connectivity index (χ1) is 8.84. The van der Waals surface area contributed by atoms with Gasteiger partial charge >= 0.3 is 0 Å². The maximum Gasteiger partial charge on any atom is 0.124 e. The maximum atomic E-state index is 9.85. The molecule has 0 bridgehead atoms. The summed E-state index contributed by atoms with van der Waals surface area (Å²) in [4.78, 5) is 2.31. The quantitative estimate of drug-likeness (QED) is 0.695. The minimum absolute atomic E-state index is 0.332. The molecule has 0 aliphatic rings. The van der Waals surface area contributed by atoms with E-state index in [-0.39, 0.29) is 0 Å². The Balaban J connectivity index is 2.03. The van der Waals surface area contributed by atoms with Crippen LogP contribution in [0.15, 0.2) is 66.7 Å². The number of benzene rings is 2. The molecule has 3 aromatic rings. The molecule has 0 fully saturated rings. The van der Waals surface area contributed by atoms with Gasteiger partial charge in [0.05, 0.1) is 0 Å². The second kappa shape index (κ2) is 4.67. The Hall–Kier alpha value is -2.06. The Morgan fingerprint density at radius 2 is 1.33 bits per heavy atom. The minimum atomic E-state index is 0.332. The van der Waals surface area contributed by atoms with Gasteiger partial charge in [0.1, 0.15) is 5.75 Å². The van der Waals surface area contributed by atoms with Gasteiger partial charge in [-0.15, -0.1) is 11.3 Å². The van der Waals surface area contributed by atoms with Crippen LogP contribution in [-0.4, -0.2) is 5.11 Å². The number of hydrogen-bond donors (Lipinski definition) is 1. The summed E-state index contributed by atoms with van der Waals surface area (Å²) in [6, 6.07) is 21.9. The van der Waals surface area contributed by atoms with Crippen molar-refractivity contribution >= 4 is 11.3 Å². The van der Waals surface area contributed by atoms with Gasteiger partial charge in [0.25, 0.3) is 0 Å². The predicted molar refractivity (Wildman–Crippen MR) is 76.9 cm³/mol. The molecule has 0 aliphatic heterocycles. The van der Waals surface area contributed by atoms with Crippen LogP contribution in [0.25, 0.3) is 20.9 Å². The lowest BCUT2D eigenvalue weighted by atomic mass is 10.1. The molecule has 2 aromatic carbocycles. The molecule has 0 amide bonds. The molecule has 1 N–H and O–H groups in total. The fourth-order valence-electron chi connectivity index (χ4n) is 1.92. The Morgan fingerprint density at radius 3 is 2.11 bits per heavy atom. The molecular formula is C16H12OS. The second-order valence-corrected chi connectivity index (χ2v) is 5.13. The molecular weight excluding hydrogens is 240 g/mol. The SMILES string of the molecule is Oc1ccccc1-c1ccc(-c2ccccc2)s1. The van der Waals surface area contributed by atoms with E-state index in [0.29, 0.717) is 5.75 Å². The van der Waals surface area contributed by atoms with Crippen LogP contribution in [0.5, 0.6) is 5.75 Å². The summed E-state index contributed by atoms with van der Waals surface area (Å²) in [6.07, 6.45) is 0. The van der Waals surface area contributed by atoms with Gasteiger partial charge in [0, 0.05) is 15.3 Å². The van der Waals surface area contributed by atoms with Crippen molar-refractivity contribution < 1.29 is 5.11 Å². The zero-order valence-electron chi connectivity index (χ0n) is 9.71. The van der Waals surface area contributed by atoms with Crippen LogP contribution in [0.1, 0.15) is 0 Å². The fourth-order valence-corrected chi connectivity index (χ4v) is 2.97. The van der Waals surface area contributed by atoms with E-state index in [4.69, 9.17) is 0 Å². The number of para-hydroxylation sites is 1. The van der Waals surface area contributed by atoms with Crippen molar-refractivity contribution in [2.45, 2.75) is 0 Å². The van der Waals surface area contributed by atoms with Crippen LogP contribution >= 0.6 is 11.3 Å². The van der Waals surface area contributed by atoms with E-state index < -0.39 is 0 Å². The number of aromatic hydroxyl groups is 1. The first-order valence-corrected chi connectivity index (χ1v) is 6.60. The molecule has 2 heteroatoms. The molecule has 0 spiro atoms. The lowest BCUT2D eigenvalue weighted by Crippen LogP contribution is -1.72. The third-order valence-electron chi connectivity index (χ3n) is 2.83. The predicted octanol–water partition coefficient (Wildman–Crippen LogP) is 4.79. The summed E-state index contributed by atoms with van der Waals surface area (Å²) in [5.74, 6) is 0.332. The highest BCUT2D eigenvalue weighted by molar-refractivity contribution is 7.18. The summed E-state index contributed by atoms with van der Waals surface area (Å²) in [6.45, 7) is 0. The van der Waals surface area contributed by atoms with Crippen LogP contribution in [-0.2, 0) is 0 Å². The Bertz CT molecular complexity index is 656. The monoisotopic (exact) mass is 252 g/mol. The van der Waals surface area contributed by atoms with Gasteiger partial charge in [0.15, 0.2) is 0 Å². The van der Waals surface area contributed by atoms with Gasteiger partial charge in [-0.3, -0.25) is 0 Å². The normalized spacial score (nSPS) is 10.4. The Kier molecular flexibility index (Phi) is 2.87. The van der Waals surface area contributed by atoms with E-state index in [1.165, 1.54) is 10.4 Å². The number of hydrogen-bond acceptors (Lipinski definition) is 2. The Morgan fingerprint density at radius 1 is 0.667 bits per heavy atom. The first kappa shape index (κ1) is 11.1. The van der Waals surface area contributed by atoms with Crippen LogP contribution in [0.3, 0.4) is 0 Å². The van der Waals surface area contributed by atoms with E-state index in [0.717, 1.165) is 10.4 Å². The standard InChI is InChI=1S/C16H12OS/c17-14-9-5-4-8-13(14)16-11-10-15(18-16)12-6-2-1-3-7-12/h1-11,17H. The van der Waals surface area contributed by atoms with Crippen LogP contribution in [0.4, 0.5) is 0 Å². The van der Waals surface area contributed by atoms with Crippen molar-refractivity contribution in [2.24, 2.45) is 0 Å². The minimum Gasteiger partial charge on any atom is -0.507 e. The molecule has 18 heavy (non-hydrogen) atoms. The molecule has 1 nitrogen and oxygen atoms in total. The van der Waals surface area contributed by atoms with E-state index in [1.54, 1.807) is 17.4 Å². The number of thiophene rings is 1. The lowest BCUT2D eigenvalue weighted by Gasteiger charge is -2.00. The van der Waals surface area contributed by atoms with Gasteiger partial charge in [-0.25, -0.2) is 0 Å². The van der Waals surface area contributed by atoms with Crippen LogP contribution < -0.4 is 0 Å². The molecule has 0 unspecified atom stereocenters. The maximum absolute atomic E-state index is 9.85. The van der Waals surface area contributed by atoms with Crippen molar-refractivity contribution in [2.75, 3.05) is 0 Å². The van der Waals surface area contributed by atoms with E-state index >= 15 is 0 Å². The topological polar surface area (TPSA) is 20.2 Å². The van der Waals surface area contributed by atoms with Crippen molar-refractivity contribution in [3.8, 4) is 26.6 Å². The second-order valence-electron chi connectivity index (χ2n) is 4.05. The molecule has 3 rings (SSSR count). The van der Waals surface area contributed by atoms with Gasteiger partial charge in [0.2, 0.25) is 0 Å². The Labute approximate surface area is 110 Å². The van der Waals surface area contributed by atoms with Crippen molar-refractivity contribution in [1.29, 1.82) is 0 Å². The largest absolute Gasteiger partial charge is 0.507 e. The van der Waals surface area contributed by atoms with Gasteiger partial charge < -0.3 is 5.11 Å². The van der Waals surface area contributed by atoms with Gasteiger partial charge in [-0.05, 0) is 29.8 Å². The van der Waals surface area contributed by atoms with Crippen LogP contribution in [0.2, 0.25) is 0 Å². The average Bonchev–Trinajstić information content (AvgIpc) is 2.90. The van der Waals surface area contributed by atoms with Gasteiger partial charge in [-0.2, -0.15) is 0 Å². The smallest absolute Gasteiger partial charge is 0.124 e. The van der Waals surface area contributed by atoms with E-state index in [1.807, 2.05) is 36.4 Å². The van der Waals surface area contributed by atoms with Crippen molar-refractivity contribution in [3.05, 3.63) is 66.7 Å². The molecule has 1 aromatic heterocycles. The van der Waals surface area contributed by atoms with Crippen molar-refractivity contribution in [3.63, 3.8) is 0 Å². The first-order valence-electron chi connectivity index (χ1n) is 5.78. The van der Waals surface area contributed by atoms with Gasteiger partial charge in [-0.1, -0.05) is 42.5 Å². The third kappa shape index (κ3) is 2.03. The van der Waals surface area contributed by atoms with Crippen molar-refractivity contribution in [1.82, 2.24) is 0 Å². The molecule has 0 atom stereocenters. The number of phenolic OH excluding ortho intramolecular Hbond substituents is 1. The average molecular weight is 252 g/mol. The summed E-state index contributed by atoms with van der Waals surface area (Å²) < 4.78 is 0. The van der Waals surface area contributed by atoms with E-state index in [9.17, 15) is 5.11 Å². The van der Waals surface area contributed by atoms with Crippen LogP contribution in [0, 0.1) is 0 Å². The molecule has 1 heterocycles. The highest BCUT2D eigenvalue weighted by Gasteiger charge is 2.07. The molecule has 88 valence electrons. The van der Waals surface area contributed by atoms with E-state index in [2.05, 4.69) is 24.3 Å². The third-order valence-corrected chi connectivity index (χ3v) is 4.00. The molecule has 0 aliphatic carbocycles. The molecule has 0 radical (unpaired) electrons. The number of rotatable bonds is 2. The summed E-state index contributed by atoms with van der Waals surface area (Å²) in [7, 11) is 0. The highest BCUT2D eigenvalue weighted by atomic mass is 32.1.